The first kappa shape index (κ1) is 20.3. The molecule has 142 valence electrons. The van der Waals surface area contributed by atoms with Crippen LogP contribution in [0.15, 0.2) is 23.3 Å². The molecule has 2 aromatic rings. The molecule has 0 aliphatic carbocycles. The van der Waals surface area contributed by atoms with Crippen LogP contribution >= 0.6 is 22.9 Å². The van der Waals surface area contributed by atoms with Crippen molar-refractivity contribution in [3.63, 3.8) is 0 Å². The van der Waals surface area contributed by atoms with E-state index >= 15 is 0 Å². The minimum atomic E-state index is 0.531. The van der Waals surface area contributed by atoms with Gasteiger partial charge in [0.1, 0.15) is 0 Å². The van der Waals surface area contributed by atoms with Crippen molar-refractivity contribution >= 4 is 28.9 Å². The zero-order chi connectivity index (χ0) is 18.9. The van der Waals surface area contributed by atoms with Gasteiger partial charge in [0.05, 0.1) is 23.7 Å². The predicted octanol–water partition coefficient (Wildman–Crippen LogP) is 3.42. The van der Waals surface area contributed by atoms with Gasteiger partial charge in [-0.25, -0.2) is 4.98 Å². The van der Waals surface area contributed by atoms with Crippen LogP contribution in [0, 0.1) is 6.92 Å². The van der Waals surface area contributed by atoms with E-state index in [1.165, 1.54) is 4.88 Å². The van der Waals surface area contributed by atoms with Gasteiger partial charge >= 0.3 is 0 Å². The lowest BCUT2D eigenvalue weighted by molar-refractivity contribution is 0.311. The first-order valence-corrected chi connectivity index (χ1v) is 9.61. The van der Waals surface area contributed by atoms with E-state index in [0.717, 1.165) is 29.5 Å². The van der Waals surface area contributed by atoms with Crippen LogP contribution < -0.4 is 20.1 Å². The molecule has 6 nitrogen and oxygen atoms in total. The highest BCUT2D eigenvalue weighted by Gasteiger charge is 2.12. The summed E-state index contributed by atoms with van der Waals surface area (Å²) in [7, 11) is 3.35. The Bertz CT molecular complexity index is 749. The van der Waals surface area contributed by atoms with Gasteiger partial charge in [-0.15, -0.1) is 11.3 Å². The smallest absolute Gasteiger partial charge is 0.191 e. The van der Waals surface area contributed by atoms with E-state index in [4.69, 9.17) is 21.1 Å². The number of nitrogens with one attached hydrogen (secondary N) is 2. The molecule has 0 unspecified atom stereocenters. The molecule has 0 aliphatic heterocycles. The van der Waals surface area contributed by atoms with Gasteiger partial charge < -0.3 is 20.1 Å². The number of benzene rings is 1. The molecular weight excluding hydrogens is 372 g/mol. The molecule has 2 N–H and O–H groups in total. The number of aromatic nitrogens is 1. The Labute approximate surface area is 163 Å². The number of thiazole rings is 1. The number of aryl methyl sites for hydroxylation is 1. The van der Waals surface area contributed by atoms with E-state index < -0.39 is 0 Å². The van der Waals surface area contributed by atoms with Crippen molar-refractivity contribution in [1.82, 2.24) is 15.6 Å². The summed E-state index contributed by atoms with van der Waals surface area (Å²) >= 11 is 8.03. The lowest BCUT2D eigenvalue weighted by Crippen LogP contribution is -2.37. The topological polar surface area (TPSA) is 67.8 Å². The Morgan fingerprint density at radius 2 is 2.15 bits per heavy atom. The summed E-state index contributed by atoms with van der Waals surface area (Å²) in [5, 5.41) is 8.21. The molecular formula is C18H25ClN4O2S. The average molecular weight is 397 g/mol. The third kappa shape index (κ3) is 5.78. The van der Waals surface area contributed by atoms with Crippen LogP contribution in [0.2, 0.25) is 5.02 Å². The van der Waals surface area contributed by atoms with Crippen LogP contribution in [0.4, 0.5) is 0 Å². The van der Waals surface area contributed by atoms with E-state index in [1.54, 1.807) is 25.5 Å². The lowest BCUT2D eigenvalue weighted by atomic mass is 10.2. The second-order valence-electron chi connectivity index (χ2n) is 5.51. The molecule has 0 radical (unpaired) electrons. The van der Waals surface area contributed by atoms with E-state index in [2.05, 4.69) is 27.5 Å². The predicted molar refractivity (Wildman–Crippen MR) is 108 cm³/mol. The Hall–Kier alpha value is -1.99. The molecule has 0 spiro atoms. The van der Waals surface area contributed by atoms with Crippen molar-refractivity contribution in [1.29, 1.82) is 0 Å². The number of aliphatic imine (C=N–C) groups is 1. The van der Waals surface area contributed by atoms with Gasteiger partial charge in [0.15, 0.2) is 17.5 Å². The van der Waals surface area contributed by atoms with Gasteiger partial charge in [-0.2, -0.15) is 0 Å². The Balaban J connectivity index is 1.90. The van der Waals surface area contributed by atoms with Crippen LogP contribution in [0.5, 0.6) is 11.5 Å². The van der Waals surface area contributed by atoms with Crippen molar-refractivity contribution in [3.05, 3.63) is 38.8 Å². The molecule has 0 bridgehead atoms. The van der Waals surface area contributed by atoms with Crippen LogP contribution in [-0.4, -0.2) is 38.3 Å². The molecule has 1 heterocycles. The summed E-state index contributed by atoms with van der Waals surface area (Å²) in [6.45, 7) is 5.83. The van der Waals surface area contributed by atoms with Crippen molar-refractivity contribution in [2.45, 2.75) is 26.8 Å². The number of nitrogens with zero attached hydrogens (tertiary/aromatic N) is 2. The quantitative estimate of drug-likeness (QED) is 0.528. The number of hydrogen-bond acceptors (Lipinski definition) is 5. The zero-order valence-corrected chi connectivity index (χ0v) is 17.1. The second kappa shape index (κ2) is 10.2. The third-order valence-electron chi connectivity index (χ3n) is 3.56. The highest BCUT2D eigenvalue weighted by molar-refractivity contribution is 7.11. The molecule has 0 saturated heterocycles. The van der Waals surface area contributed by atoms with Gasteiger partial charge in [-0.05, 0) is 31.5 Å². The number of guanidine groups is 1. The van der Waals surface area contributed by atoms with Gasteiger partial charge in [0.2, 0.25) is 0 Å². The number of halogens is 1. The third-order valence-corrected chi connectivity index (χ3v) is 4.82. The number of methoxy groups -OCH3 is 1. The zero-order valence-electron chi connectivity index (χ0n) is 15.6. The molecule has 1 aromatic carbocycles. The fraction of sp³-hybridized carbons (Fsp3) is 0.444. The molecule has 26 heavy (non-hydrogen) atoms. The van der Waals surface area contributed by atoms with Gasteiger partial charge in [-0.3, -0.25) is 4.99 Å². The van der Waals surface area contributed by atoms with Crippen molar-refractivity contribution < 1.29 is 9.47 Å². The summed E-state index contributed by atoms with van der Waals surface area (Å²) in [5.74, 6) is 1.92. The first-order chi connectivity index (χ1) is 12.6. The molecule has 0 atom stereocenters. The van der Waals surface area contributed by atoms with Crippen molar-refractivity contribution in [2.24, 2.45) is 4.99 Å². The minimum absolute atomic E-state index is 0.531. The Morgan fingerprint density at radius 3 is 2.77 bits per heavy atom. The normalized spacial score (nSPS) is 11.3. The average Bonchev–Trinajstić information content (AvgIpc) is 3.05. The first-order valence-electron chi connectivity index (χ1n) is 8.42. The maximum atomic E-state index is 6.31. The van der Waals surface area contributed by atoms with Crippen LogP contribution in [-0.2, 0) is 13.0 Å². The van der Waals surface area contributed by atoms with E-state index in [1.807, 2.05) is 25.3 Å². The van der Waals surface area contributed by atoms with Crippen LogP contribution in [0.25, 0.3) is 0 Å². The Kier molecular flexibility index (Phi) is 8.00. The van der Waals surface area contributed by atoms with E-state index in [0.29, 0.717) is 29.7 Å². The van der Waals surface area contributed by atoms with Crippen LogP contribution in [0.1, 0.15) is 22.4 Å². The second-order valence-corrected chi connectivity index (χ2v) is 7.24. The molecule has 0 aliphatic rings. The van der Waals surface area contributed by atoms with Gasteiger partial charge in [0, 0.05) is 37.6 Å². The summed E-state index contributed by atoms with van der Waals surface area (Å²) in [5.41, 5.74) is 0.980. The minimum Gasteiger partial charge on any atom is -0.493 e. The highest BCUT2D eigenvalue weighted by Crippen LogP contribution is 2.36. The Morgan fingerprint density at radius 1 is 1.35 bits per heavy atom. The van der Waals surface area contributed by atoms with Crippen molar-refractivity contribution in [3.8, 4) is 11.5 Å². The SMILES string of the molecule is CCOc1c(Cl)cc(CNC(=NC)NCCc2ncc(C)s2)cc1OC. The highest BCUT2D eigenvalue weighted by atomic mass is 35.5. The molecule has 0 fully saturated rings. The van der Waals surface area contributed by atoms with Gasteiger partial charge in [-0.1, -0.05) is 11.6 Å². The van der Waals surface area contributed by atoms with Crippen molar-refractivity contribution in [2.75, 3.05) is 27.3 Å². The monoisotopic (exact) mass is 396 g/mol. The van der Waals surface area contributed by atoms with Crippen LogP contribution in [0.3, 0.4) is 0 Å². The maximum absolute atomic E-state index is 6.31. The molecule has 0 amide bonds. The number of rotatable bonds is 8. The molecule has 1 aromatic heterocycles. The standard InChI is InChI=1S/C18H25ClN4O2S/c1-5-25-17-14(19)8-13(9-15(17)24-4)11-23-18(20-3)21-7-6-16-22-10-12(2)26-16/h8-10H,5-7,11H2,1-4H3,(H2,20,21,23). The largest absolute Gasteiger partial charge is 0.493 e. The number of hydrogen-bond donors (Lipinski definition) is 2. The van der Waals surface area contributed by atoms with E-state index in [9.17, 15) is 0 Å². The molecule has 0 saturated carbocycles. The summed E-state index contributed by atoms with van der Waals surface area (Å²) < 4.78 is 10.9. The lowest BCUT2D eigenvalue weighted by Gasteiger charge is -2.15. The van der Waals surface area contributed by atoms with E-state index in [-0.39, 0.29) is 0 Å². The fourth-order valence-corrected chi connectivity index (χ4v) is 3.45. The molecule has 8 heteroatoms. The summed E-state index contributed by atoms with van der Waals surface area (Å²) in [6, 6.07) is 3.78. The van der Waals surface area contributed by atoms with Gasteiger partial charge in [0.25, 0.3) is 0 Å². The fourth-order valence-electron chi connectivity index (χ4n) is 2.37. The maximum Gasteiger partial charge on any atom is 0.191 e. The summed E-state index contributed by atoms with van der Waals surface area (Å²) in [4.78, 5) is 9.83. The number of ether oxygens (including phenoxy) is 2. The molecule has 2 rings (SSSR count). The summed E-state index contributed by atoms with van der Waals surface area (Å²) in [6.07, 6.45) is 2.76.